The molecule has 2 rings (SSSR count). The first-order valence-electron chi connectivity index (χ1n) is 5.04. The molecular formula is C12H6Cl2F3NO. The molecule has 1 heterocycles. The van der Waals surface area contributed by atoms with E-state index in [0.29, 0.717) is 0 Å². The third-order valence-corrected chi connectivity index (χ3v) is 3.08. The summed E-state index contributed by atoms with van der Waals surface area (Å²) in [5.41, 5.74) is 0.268. The van der Waals surface area contributed by atoms with E-state index >= 15 is 0 Å². The van der Waals surface area contributed by atoms with Crippen molar-refractivity contribution in [2.45, 2.75) is 6.61 Å². The molecule has 0 saturated carbocycles. The van der Waals surface area contributed by atoms with E-state index in [2.05, 4.69) is 9.72 Å². The van der Waals surface area contributed by atoms with Crippen LogP contribution < -0.4 is 4.74 Å². The fourth-order valence-corrected chi connectivity index (χ4v) is 1.91. The summed E-state index contributed by atoms with van der Waals surface area (Å²) in [4.78, 5) is 3.49. The zero-order chi connectivity index (χ0) is 14.0. The van der Waals surface area contributed by atoms with Crippen LogP contribution in [0.3, 0.4) is 0 Å². The number of benzene rings is 1. The molecule has 100 valence electrons. The van der Waals surface area contributed by atoms with Crippen molar-refractivity contribution in [2.75, 3.05) is 0 Å². The highest BCUT2D eigenvalue weighted by atomic mass is 35.5. The van der Waals surface area contributed by atoms with E-state index < -0.39 is 18.3 Å². The second kappa shape index (κ2) is 5.67. The summed E-state index contributed by atoms with van der Waals surface area (Å²) in [6.07, 6.45) is 0.777. The average molecular weight is 308 g/mol. The predicted octanol–water partition coefficient (Wildman–Crippen LogP) is 4.80. The minimum atomic E-state index is -3.07. The minimum Gasteiger partial charge on any atom is -0.416 e. The van der Waals surface area contributed by atoms with Crippen molar-refractivity contribution in [1.82, 2.24) is 4.98 Å². The lowest BCUT2D eigenvalue weighted by atomic mass is 10.1. The van der Waals surface area contributed by atoms with E-state index in [1.807, 2.05) is 0 Å². The molecule has 7 heteroatoms. The van der Waals surface area contributed by atoms with Gasteiger partial charge in [0, 0.05) is 11.1 Å². The predicted molar refractivity (Wildman–Crippen MR) is 66.3 cm³/mol. The zero-order valence-corrected chi connectivity index (χ0v) is 10.7. The van der Waals surface area contributed by atoms with Crippen LogP contribution in [-0.4, -0.2) is 11.6 Å². The Labute approximate surface area is 116 Å². The summed E-state index contributed by atoms with van der Waals surface area (Å²) < 4.78 is 42.0. The lowest BCUT2D eigenvalue weighted by Crippen LogP contribution is -2.05. The SMILES string of the molecule is Fc1cnc(OC(F)F)c(-c2cccc(Cl)c2Cl)c1. The third kappa shape index (κ3) is 3.11. The number of hydrogen-bond donors (Lipinski definition) is 0. The lowest BCUT2D eigenvalue weighted by Gasteiger charge is -2.11. The number of ether oxygens (including phenoxy) is 1. The van der Waals surface area contributed by atoms with E-state index in [-0.39, 0.29) is 21.2 Å². The van der Waals surface area contributed by atoms with Gasteiger partial charge >= 0.3 is 6.61 Å². The van der Waals surface area contributed by atoms with Crippen LogP contribution in [0.1, 0.15) is 0 Å². The Morgan fingerprint density at radius 3 is 2.58 bits per heavy atom. The highest BCUT2D eigenvalue weighted by Gasteiger charge is 2.17. The van der Waals surface area contributed by atoms with Gasteiger partial charge in [0.2, 0.25) is 5.88 Å². The van der Waals surface area contributed by atoms with Gasteiger partial charge in [0.15, 0.2) is 0 Å². The van der Waals surface area contributed by atoms with E-state index in [4.69, 9.17) is 23.2 Å². The second-order valence-electron chi connectivity index (χ2n) is 3.49. The molecule has 0 spiro atoms. The fraction of sp³-hybridized carbons (Fsp3) is 0.0833. The van der Waals surface area contributed by atoms with Crippen LogP contribution in [0.2, 0.25) is 10.0 Å². The number of hydrogen-bond acceptors (Lipinski definition) is 2. The summed E-state index contributed by atoms with van der Waals surface area (Å²) in [5, 5.41) is 0.321. The van der Waals surface area contributed by atoms with Crippen LogP contribution in [0.5, 0.6) is 5.88 Å². The zero-order valence-electron chi connectivity index (χ0n) is 9.21. The molecule has 0 aliphatic carbocycles. The molecule has 0 radical (unpaired) electrons. The summed E-state index contributed by atoms with van der Waals surface area (Å²) in [7, 11) is 0. The second-order valence-corrected chi connectivity index (χ2v) is 4.27. The first-order chi connectivity index (χ1) is 8.99. The van der Waals surface area contributed by atoms with E-state index in [9.17, 15) is 13.2 Å². The van der Waals surface area contributed by atoms with Gasteiger partial charge in [-0.05, 0) is 12.1 Å². The molecule has 0 amide bonds. The van der Waals surface area contributed by atoms with Crippen LogP contribution in [-0.2, 0) is 0 Å². The maximum Gasteiger partial charge on any atom is 0.388 e. The van der Waals surface area contributed by atoms with Crippen molar-refractivity contribution < 1.29 is 17.9 Å². The minimum absolute atomic E-state index is 0.00722. The number of halogens is 5. The average Bonchev–Trinajstić information content (AvgIpc) is 2.35. The van der Waals surface area contributed by atoms with Gasteiger partial charge in [-0.25, -0.2) is 9.37 Å². The topological polar surface area (TPSA) is 22.1 Å². The van der Waals surface area contributed by atoms with Crippen molar-refractivity contribution in [1.29, 1.82) is 0 Å². The molecule has 0 N–H and O–H groups in total. The Morgan fingerprint density at radius 2 is 1.89 bits per heavy atom. The third-order valence-electron chi connectivity index (χ3n) is 2.26. The Balaban J connectivity index is 2.59. The highest BCUT2D eigenvalue weighted by molar-refractivity contribution is 6.43. The molecular weight excluding hydrogens is 302 g/mol. The molecule has 0 aliphatic rings. The van der Waals surface area contributed by atoms with Crippen LogP contribution in [0.15, 0.2) is 30.5 Å². The molecule has 19 heavy (non-hydrogen) atoms. The van der Waals surface area contributed by atoms with Crippen LogP contribution in [0.4, 0.5) is 13.2 Å². The van der Waals surface area contributed by atoms with E-state index in [1.54, 1.807) is 6.07 Å². The van der Waals surface area contributed by atoms with Crippen molar-refractivity contribution in [3.05, 3.63) is 46.3 Å². The molecule has 1 aromatic carbocycles. The van der Waals surface area contributed by atoms with Crippen LogP contribution in [0, 0.1) is 5.82 Å². The molecule has 0 saturated heterocycles. The number of aromatic nitrogens is 1. The van der Waals surface area contributed by atoms with Crippen molar-refractivity contribution in [2.24, 2.45) is 0 Å². The smallest absolute Gasteiger partial charge is 0.388 e. The van der Waals surface area contributed by atoms with E-state index in [0.717, 1.165) is 12.3 Å². The monoisotopic (exact) mass is 307 g/mol. The molecule has 1 aromatic heterocycles. The lowest BCUT2D eigenvalue weighted by molar-refractivity contribution is -0.0524. The maximum atomic E-state index is 13.2. The summed E-state index contributed by atoms with van der Waals surface area (Å²) in [5.74, 6) is -1.12. The largest absolute Gasteiger partial charge is 0.416 e. The van der Waals surface area contributed by atoms with Gasteiger partial charge in [-0.15, -0.1) is 0 Å². The van der Waals surface area contributed by atoms with Gasteiger partial charge in [0.05, 0.1) is 16.2 Å². The first kappa shape index (κ1) is 14.0. The Morgan fingerprint density at radius 1 is 1.16 bits per heavy atom. The standard InChI is InChI=1S/C12H6Cl2F3NO/c13-9-3-1-2-7(10(9)14)8-4-6(15)5-18-11(8)19-12(16)17/h1-5,12H. The van der Waals surface area contributed by atoms with Crippen molar-refractivity contribution >= 4 is 23.2 Å². The number of alkyl halides is 2. The molecule has 2 aromatic rings. The summed E-state index contributed by atoms with van der Waals surface area (Å²) in [6.45, 7) is -3.07. The maximum absolute atomic E-state index is 13.2. The Kier molecular flexibility index (Phi) is 4.17. The van der Waals surface area contributed by atoms with Gasteiger partial charge in [0.1, 0.15) is 5.82 Å². The molecule has 0 bridgehead atoms. The normalized spacial score (nSPS) is 10.8. The number of pyridine rings is 1. The molecule has 0 unspecified atom stereocenters. The summed E-state index contributed by atoms with van der Waals surface area (Å²) >= 11 is 11.8. The molecule has 0 fully saturated rings. The summed E-state index contributed by atoms with van der Waals surface area (Å²) in [6, 6.07) is 5.58. The highest BCUT2D eigenvalue weighted by Crippen LogP contribution is 2.37. The van der Waals surface area contributed by atoms with Gasteiger partial charge in [-0.3, -0.25) is 0 Å². The van der Waals surface area contributed by atoms with Crippen LogP contribution in [0.25, 0.3) is 11.1 Å². The molecule has 0 aliphatic heterocycles. The Hall–Kier alpha value is -1.46. The van der Waals surface area contributed by atoms with Crippen molar-refractivity contribution in [3.63, 3.8) is 0 Å². The first-order valence-corrected chi connectivity index (χ1v) is 5.79. The fourth-order valence-electron chi connectivity index (χ4n) is 1.51. The van der Waals surface area contributed by atoms with Gasteiger partial charge in [0.25, 0.3) is 0 Å². The number of rotatable bonds is 3. The molecule has 2 nitrogen and oxygen atoms in total. The van der Waals surface area contributed by atoms with Gasteiger partial charge in [-0.1, -0.05) is 35.3 Å². The van der Waals surface area contributed by atoms with Gasteiger partial charge < -0.3 is 4.74 Å². The van der Waals surface area contributed by atoms with E-state index in [1.165, 1.54) is 12.1 Å². The van der Waals surface area contributed by atoms with Crippen LogP contribution >= 0.6 is 23.2 Å². The quantitative estimate of drug-likeness (QED) is 0.813. The molecule has 0 atom stereocenters. The van der Waals surface area contributed by atoms with Crippen molar-refractivity contribution in [3.8, 4) is 17.0 Å². The number of nitrogens with zero attached hydrogens (tertiary/aromatic N) is 1. The van der Waals surface area contributed by atoms with Gasteiger partial charge in [-0.2, -0.15) is 8.78 Å². The Bertz CT molecular complexity index is 608.